The molecule has 4 aromatic rings. The van der Waals surface area contributed by atoms with Crippen molar-refractivity contribution in [1.82, 2.24) is 5.32 Å². The Morgan fingerprint density at radius 3 is 2.19 bits per heavy atom. The van der Waals surface area contributed by atoms with Gasteiger partial charge in [0.1, 0.15) is 5.54 Å². The molecular weight excluding hydrogens is 503 g/mol. The van der Waals surface area contributed by atoms with Crippen LogP contribution in [-0.4, -0.2) is 11.7 Å². The van der Waals surface area contributed by atoms with Gasteiger partial charge in [0.2, 0.25) is 5.91 Å². The van der Waals surface area contributed by atoms with Gasteiger partial charge in [-0.25, -0.2) is 0 Å². The van der Waals surface area contributed by atoms with Crippen LogP contribution in [0.5, 0.6) is 0 Å². The number of rotatable bonds is 4. The molecule has 2 N–H and O–H groups in total. The zero-order valence-electron chi connectivity index (χ0n) is 20.0. The largest absolute Gasteiger partial charge is 0.324 e. The van der Waals surface area contributed by atoms with Crippen LogP contribution in [0.4, 0.5) is 5.69 Å². The van der Waals surface area contributed by atoms with Crippen molar-refractivity contribution in [3.63, 3.8) is 0 Å². The number of carbonyl (C=O) groups excluding carboxylic acids is 2. The van der Waals surface area contributed by atoms with Crippen LogP contribution < -0.4 is 10.6 Å². The van der Waals surface area contributed by atoms with Crippen molar-refractivity contribution < 1.29 is 9.59 Å². The standard InChI is InChI=1S/C31H24Cl2N2O2/c1-18-7-9-19(10-8-18)26-27(29(36)21-11-13-22(32)14-12-21)31(35-28(26)20-5-3-2-4-6-20)24-17-23(33)15-16-25(24)34-30(31)37/h2-17,26-28,35H,1H3,(H,34,37)/t26-,27?,28+,31?/m0/s1. The molecule has 6 rings (SSSR count). The van der Waals surface area contributed by atoms with Gasteiger partial charge >= 0.3 is 0 Å². The van der Waals surface area contributed by atoms with Gasteiger partial charge in [-0.05, 0) is 60.5 Å². The minimum absolute atomic E-state index is 0.129. The molecule has 2 aliphatic rings. The predicted molar refractivity (Wildman–Crippen MR) is 147 cm³/mol. The Labute approximate surface area is 225 Å². The summed E-state index contributed by atoms with van der Waals surface area (Å²) in [5.41, 5.74) is 3.65. The van der Waals surface area contributed by atoms with Crippen molar-refractivity contribution in [2.45, 2.75) is 24.4 Å². The smallest absolute Gasteiger partial charge is 0.250 e. The summed E-state index contributed by atoms with van der Waals surface area (Å²) < 4.78 is 0. The Morgan fingerprint density at radius 2 is 1.49 bits per heavy atom. The van der Waals surface area contributed by atoms with Gasteiger partial charge in [0.25, 0.3) is 0 Å². The fourth-order valence-electron chi connectivity index (χ4n) is 5.91. The summed E-state index contributed by atoms with van der Waals surface area (Å²) in [5, 5.41) is 7.75. The number of ketones is 1. The number of hydrogen-bond donors (Lipinski definition) is 2. The predicted octanol–water partition coefficient (Wildman–Crippen LogP) is 7.08. The maximum atomic E-state index is 14.5. The maximum absolute atomic E-state index is 14.5. The van der Waals surface area contributed by atoms with Gasteiger partial charge in [-0.1, -0.05) is 83.4 Å². The summed E-state index contributed by atoms with van der Waals surface area (Å²) in [7, 11) is 0. The lowest BCUT2D eigenvalue weighted by molar-refractivity contribution is -0.122. The van der Waals surface area contributed by atoms with E-state index in [-0.39, 0.29) is 23.7 Å². The van der Waals surface area contributed by atoms with E-state index in [4.69, 9.17) is 23.2 Å². The third-order valence-electron chi connectivity index (χ3n) is 7.61. The van der Waals surface area contributed by atoms with Crippen LogP contribution in [0.1, 0.15) is 44.6 Å². The van der Waals surface area contributed by atoms with Crippen LogP contribution in [0.3, 0.4) is 0 Å². The molecule has 0 aliphatic carbocycles. The third kappa shape index (κ3) is 3.88. The van der Waals surface area contributed by atoms with Gasteiger partial charge in [0.05, 0.1) is 5.92 Å². The summed E-state index contributed by atoms with van der Waals surface area (Å²) >= 11 is 12.6. The van der Waals surface area contributed by atoms with E-state index in [1.54, 1.807) is 42.5 Å². The van der Waals surface area contributed by atoms with Crippen molar-refractivity contribution in [2.75, 3.05) is 5.32 Å². The van der Waals surface area contributed by atoms with E-state index in [2.05, 4.69) is 22.8 Å². The molecule has 0 aromatic heterocycles. The van der Waals surface area contributed by atoms with Crippen LogP contribution in [-0.2, 0) is 10.3 Å². The Bertz CT molecular complexity index is 1500. The summed E-state index contributed by atoms with van der Waals surface area (Å²) in [6, 6.07) is 30.1. The topological polar surface area (TPSA) is 58.2 Å². The molecule has 2 heterocycles. The summed E-state index contributed by atoms with van der Waals surface area (Å²) in [6.07, 6.45) is 0. The Kier molecular flexibility index (Phi) is 5.91. The first-order chi connectivity index (χ1) is 17.9. The van der Waals surface area contributed by atoms with Crippen LogP contribution in [0.25, 0.3) is 0 Å². The maximum Gasteiger partial charge on any atom is 0.250 e. The van der Waals surface area contributed by atoms with Gasteiger partial charge in [-0.2, -0.15) is 0 Å². The Hall–Kier alpha value is -3.44. The van der Waals surface area contributed by atoms with E-state index in [1.807, 2.05) is 49.4 Å². The second-order valence-electron chi connectivity index (χ2n) is 9.77. The Morgan fingerprint density at radius 1 is 0.811 bits per heavy atom. The van der Waals surface area contributed by atoms with E-state index in [9.17, 15) is 9.59 Å². The van der Waals surface area contributed by atoms with E-state index >= 15 is 0 Å². The van der Waals surface area contributed by atoms with Crippen molar-refractivity contribution >= 4 is 40.6 Å². The molecule has 1 fully saturated rings. The fourth-order valence-corrected chi connectivity index (χ4v) is 6.21. The number of aryl methyl sites for hydroxylation is 1. The highest BCUT2D eigenvalue weighted by atomic mass is 35.5. The van der Waals surface area contributed by atoms with Crippen molar-refractivity contribution in [2.24, 2.45) is 5.92 Å². The SMILES string of the molecule is Cc1ccc([C@H]2C(C(=O)c3ccc(Cl)cc3)C3(N[C@@H]2c2ccccc2)C(=O)Nc2ccc(Cl)cc23)cc1. The number of halogens is 2. The van der Waals surface area contributed by atoms with Crippen molar-refractivity contribution in [3.05, 3.63) is 135 Å². The first kappa shape index (κ1) is 23.9. The number of fused-ring (bicyclic) bond motifs is 2. The van der Waals surface area contributed by atoms with E-state index in [0.29, 0.717) is 26.9 Å². The molecule has 1 spiro atoms. The summed E-state index contributed by atoms with van der Waals surface area (Å²) in [5.74, 6) is -1.47. The summed E-state index contributed by atoms with van der Waals surface area (Å²) in [6.45, 7) is 2.03. The summed E-state index contributed by atoms with van der Waals surface area (Å²) in [4.78, 5) is 28.5. The molecule has 4 aromatic carbocycles. The molecular formula is C31H24Cl2N2O2. The molecule has 4 nitrogen and oxygen atoms in total. The molecule has 184 valence electrons. The minimum Gasteiger partial charge on any atom is -0.324 e. The molecule has 4 atom stereocenters. The van der Waals surface area contributed by atoms with E-state index in [0.717, 1.165) is 16.7 Å². The van der Waals surface area contributed by atoms with E-state index < -0.39 is 11.5 Å². The first-order valence-corrected chi connectivity index (χ1v) is 12.9. The minimum atomic E-state index is -1.31. The molecule has 2 aliphatic heterocycles. The van der Waals surface area contributed by atoms with Gasteiger partial charge in [0, 0.05) is 38.8 Å². The zero-order chi connectivity index (χ0) is 25.7. The quantitative estimate of drug-likeness (QED) is 0.279. The van der Waals surface area contributed by atoms with Crippen LogP contribution in [0.2, 0.25) is 10.0 Å². The number of carbonyl (C=O) groups is 2. The zero-order valence-corrected chi connectivity index (χ0v) is 21.6. The normalized spacial score (nSPS) is 24.2. The lowest BCUT2D eigenvalue weighted by atomic mass is 9.69. The van der Waals surface area contributed by atoms with Crippen LogP contribution in [0, 0.1) is 12.8 Å². The second-order valence-corrected chi connectivity index (χ2v) is 10.6. The van der Waals surface area contributed by atoms with Crippen LogP contribution >= 0.6 is 23.2 Å². The highest BCUT2D eigenvalue weighted by Gasteiger charge is 2.64. The third-order valence-corrected chi connectivity index (χ3v) is 8.10. The Balaban J connectivity index is 1.63. The molecule has 0 saturated carbocycles. The van der Waals surface area contributed by atoms with Crippen molar-refractivity contribution in [1.29, 1.82) is 0 Å². The molecule has 1 amide bonds. The molecule has 6 heteroatoms. The lowest BCUT2D eigenvalue weighted by Gasteiger charge is -2.31. The monoisotopic (exact) mass is 526 g/mol. The van der Waals surface area contributed by atoms with Crippen LogP contribution in [0.15, 0.2) is 97.1 Å². The number of amides is 1. The average Bonchev–Trinajstić information content (AvgIpc) is 3.40. The second kappa shape index (κ2) is 9.14. The van der Waals surface area contributed by atoms with Gasteiger partial charge < -0.3 is 5.32 Å². The molecule has 0 bridgehead atoms. The lowest BCUT2D eigenvalue weighted by Crippen LogP contribution is -2.50. The fraction of sp³-hybridized carbons (Fsp3) is 0.161. The molecule has 2 unspecified atom stereocenters. The molecule has 0 radical (unpaired) electrons. The average molecular weight is 527 g/mol. The number of Topliss-reactive ketones (excluding diaryl/α,β-unsaturated/α-hetero) is 1. The number of benzene rings is 4. The number of anilines is 1. The molecule has 1 saturated heterocycles. The molecule has 37 heavy (non-hydrogen) atoms. The number of nitrogens with one attached hydrogen (secondary N) is 2. The highest BCUT2D eigenvalue weighted by molar-refractivity contribution is 6.31. The van der Waals surface area contributed by atoms with Gasteiger partial charge in [0.15, 0.2) is 5.78 Å². The van der Waals surface area contributed by atoms with Gasteiger partial charge in [-0.3, -0.25) is 14.9 Å². The van der Waals surface area contributed by atoms with E-state index in [1.165, 1.54) is 0 Å². The van der Waals surface area contributed by atoms with Crippen molar-refractivity contribution in [3.8, 4) is 0 Å². The highest BCUT2D eigenvalue weighted by Crippen LogP contribution is 2.57. The number of hydrogen-bond acceptors (Lipinski definition) is 3. The van der Waals surface area contributed by atoms with Gasteiger partial charge in [-0.15, -0.1) is 0 Å². The first-order valence-electron chi connectivity index (χ1n) is 12.2.